The van der Waals surface area contributed by atoms with E-state index in [2.05, 4.69) is 20.7 Å². The van der Waals surface area contributed by atoms with Gasteiger partial charge < -0.3 is 10.2 Å². The van der Waals surface area contributed by atoms with E-state index in [4.69, 9.17) is 11.6 Å². The average molecular weight is 373 g/mol. The molecular formula is C18H17ClN4OS. The zero-order chi connectivity index (χ0) is 17.4. The molecule has 4 rings (SSSR count). The van der Waals surface area contributed by atoms with Crippen LogP contribution in [0.1, 0.15) is 12.8 Å². The molecule has 128 valence electrons. The Morgan fingerprint density at radius 2 is 2.08 bits per heavy atom. The maximum absolute atomic E-state index is 12.1. The number of hydrogen-bond acceptors (Lipinski definition) is 5. The van der Waals surface area contributed by atoms with Gasteiger partial charge in [-0.15, -0.1) is 11.3 Å². The van der Waals surface area contributed by atoms with Crippen LogP contribution < -0.4 is 10.2 Å². The lowest BCUT2D eigenvalue weighted by molar-refractivity contribution is -0.119. The molecule has 1 N–H and O–H groups in total. The first-order chi connectivity index (χ1) is 12.1. The van der Waals surface area contributed by atoms with Crippen LogP contribution in [0, 0.1) is 0 Å². The van der Waals surface area contributed by atoms with Gasteiger partial charge in [-0.1, -0.05) is 23.7 Å². The summed E-state index contributed by atoms with van der Waals surface area (Å²) in [7, 11) is 1.89. The molecule has 1 saturated carbocycles. The van der Waals surface area contributed by atoms with Crippen LogP contribution in [0.25, 0.3) is 21.3 Å². The molecule has 1 aromatic carbocycles. The molecular weight excluding hydrogens is 356 g/mol. The molecule has 0 unspecified atom stereocenters. The molecule has 0 spiro atoms. The number of halogens is 1. The summed E-state index contributed by atoms with van der Waals surface area (Å²) in [6, 6.07) is 8.07. The van der Waals surface area contributed by atoms with Gasteiger partial charge in [0.2, 0.25) is 5.91 Å². The van der Waals surface area contributed by atoms with Gasteiger partial charge in [0.05, 0.1) is 11.9 Å². The van der Waals surface area contributed by atoms with Gasteiger partial charge in [-0.25, -0.2) is 9.97 Å². The number of likely N-dealkylation sites (N-methyl/N-ethyl adjacent to an activating group) is 1. The zero-order valence-electron chi connectivity index (χ0n) is 13.7. The van der Waals surface area contributed by atoms with Gasteiger partial charge in [-0.2, -0.15) is 0 Å². The number of hydrogen-bond donors (Lipinski definition) is 1. The average Bonchev–Trinajstić information content (AvgIpc) is 3.30. The second kappa shape index (κ2) is 6.61. The minimum Gasteiger partial charge on any atom is -0.352 e. The Morgan fingerprint density at radius 3 is 2.80 bits per heavy atom. The van der Waals surface area contributed by atoms with Crippen molar-refractivity contribution in [3.8, 4) is 11.1 Å². The number of nitrogens with zero attached hydrogens (tertiary/aromatic N) is 3. The third kappa shape index (κ3) is 3.45. The first-order valence-corrected chi connectivity index (χ1v) is 9.36. The Morgan fingerprint density at radius 1 is 1.32 bits per heavy atom. The number of nitrogens with one attached hydrogen (secondary N) is 1. The molecule has 1 aliphatic carbocycles. The molecule has 1 fully saturated rings. The number of anilines is 1. The van der Waals surface area contributed by atoms with E-state index < -0.39 is 0 Å². The Labute approximate surface area is 154 Å². The molecule has 0 radical (unpaired) electrons. The fourth-order valence-electron chi connectivity index (χ4n) is 2.78. The van der Waals surface area contributed by atoms with Crippen molar-refractivity contribution in [1.82, 2.24) is 15.3 Å². The van der Waals surface area contributed by atoms with Crippen molar-refractivity contribution < 1.29 is 4.79 Å². The third-order valence-corrected chi connectivity index (χ3v) is 5.33. The van der Waals surface area contributed by atoms with Crippen molar-refractivity contribution in [2.45, 2.75) is 18.9 Å². The van der Waals surface area contributed by atoms with Crippen molar-refractivity contribution in [2.75, 3.05) is 18.5 Å². The van der Waals surface area contributed by atoms with Gasteiger partial charge in [-0.05, 0) is 30.5 Å². The van der Waals surface area contributed by atoms with E-state index in [-0.39, 0.29) is 12.5 Å². The van der Waals surface area contributed by atoms with Crippen LogP contribution >= 0.6 is 22.9 Å². The third-order valence-electron chi connectivity index (χ3n) is 4.19. The number of aromatic nitrogens is 2. The predicted molar refractivity (Wildman–Crippen MR) is 102 cm³/mol. The molecule has 25 heavy (non-hydrogen) atoms. The molecule has 7 heteroatoms. The molecule has 1 aliphatic rings. The molecule has 3 aromatic rings. The first kappa shape index (κ1) is 16.3. The number of rotatable bonds is 5. The maximum Gasteiger partial charge on any atom is 0.239 e. The minimum absolute atomic E-state index is 0.0278. The quantitative estimate of drug-likeness (QED) is 0.741. The summed E-state index contributed by atoms with van der Waals surface area (Å²) in [6.45, 7) is 0.276. The monoisotopic (exact) mass is 372 g/mol. The number of fused-ring (bicyclic) bond motifs is 1. The highest BCUT2D eigenvalue weighted by Crippen LogP contribution is 2.37. The van der Waals surface area contributed by atoms with E-state index in [1.54, 1.807) is 17.7 Å². The molecule has 0 saturated heterocycles. The molecule has 1 amide bonds. The number of carbonyl (C=O) groups excluding carboxylic acids is 1. The fourth-order valence-corrected chi connectivity index (χ4v) is 3.82. The van der Waals surface area contributed by atoms with Gasteiger partial charge in [0.15, 0.2) is 0 Å². The molecule has 2 heterocycles. The Bertz CT molecular complexity index is 920. The maximum atomic E-state index is 12.1. The van der Waals surface area contributed by atoms with Gasteiger partial charge in [-0.3, -0.25) is 4.79 Å². The molecule has 0 bridgehead atoms. The number of thiophene rings is 1. The predicted octanol–water partition coefficient (Wildman–Crippen LogP) is 3.73. The van der Waals surface area contributed by atoms with Gasteiger partial charge >= 0.3 is 0 Å². The van der Waals surface area contributed by atoms with Crippen LogP contribution in [0.15, 0.2) is 36.0 Å². The highest BCUT2D eigenvalue weighted by atomic mass is 35.5. The molecule has 2 aromatic heterocycles. The van der Waals surface area contributed by atoms with E-state index in [9.17, 15) is 4.79 Å². The van der Waals surface area contributed by atoms with E-state index in [1.165, 1.54) is 0 Å². The number of amides is 1. The SMILES string of the molecule is CN(CC(=O)NC1CC1)c1ncnc2scc(-c3ccc(Cl)cc3)c12. The van der Waals surface area contributed by atoms with E-state index in [1.807, 2.05) is 36.2 Å². The zero-order valence-corrected chi connectivity index (χ0v) is 15.3. The smallest absolute Gasteiger partial charge is 0.239 e. The standard InChI is InChI=1S/C18H17ClN4OS/c1-23(8-15(24)22-13-6-7-13)17-16-14(9-25-18(16)21-10-20-17)11-2-4-12(19)5-3-11/h2-5,9-10,13H,6-8H2,1H3,(H,22,24). The topological polar surface area (TPSA) is 58.1 Å². The summed E-state index contributed by atoms with van der Waals surface area (Å²) in [6.07, 6.45) is 3.71. The first-order valence-electron chi connectivity index (χ1n) is 8.10. The lowest BCUT2D eigenvalue weighted by atomic mass is 10.1. The fraction of sp³-hybridized carbons (Fsp3) is 0.278. The Balaban J connectivity index is 1.69. The van der Waals surface area contributed by atoms with E-state index >= 15 is 0 Å². The van der Waals surface area contributed by atoms with Crippen LogP contribution in [0.4, 0.5) is 5.82 Å². The highest BCUT2D eigenvalue weighted by Gasteiger charge is 2.24. The van der Waals surface area contributed by atoms with Crippen LogP contribution in [0.3, 0.4) is 0 Å². The second-order valence-electron chi connectivity index (χ2n) is 6.23. The lowest BCUT2D eigenvalue weighted by Gasteiger charge is -2.19. The number of carbonyl (C=O) groups is 1. The largest absolute Gasteiger partial charge is 0.352 e. The van der Waals surface area contributed by atoms with Crippen LogP contribution in [0.5, 0.6) is 0 Å². The highest BCUT2D eigenvalue weighted by molar-refractivity contribution is 7.17. The summed E-state index contributed by atoms with van der Waals surface area (Å²) >= 11 is 7.57. The van der Waals surface area contributed by atoms with Crippen molar-refractivity contribution in [1.29, 1.82) is 0 Å². The van der Waals surface area contributed by atoms with Crippen LogP contribution in [0.2, 0.25) is 5.02 Å². The van der Waals surface area contributed by atoms with Crippen LogP contribution in [-0.4, -0.2) is 35.5 Å². The number of benzene rings is 1. The van der Waals surface area contributed by atoms with E-state index in [0.717, 1.165) is 40.0 Å². The van der Waals surface area contributed by atoms with Gasteiger partial charge in [0, 0.05) is 29.1 Å². The Hall–Kier alpha value is -2.18. The summed E-state index contributed by atoms with van der Waals surface area (Å²) < 4.78 is 0. The van der Waals surface area contributed by atoms with Crippen LogP contribution in [-0.2, 0) is 4.79 Å². The molecule has 0 atom stereocenters. The van der Waals surface area contributed by atoms with Crippen molar-refractivity contribution >= 4 is 44.9 Å². The van der Waals surface area contributed by atoms with E-state index in [0.29, 0.717) is 11.1 Å². The second-order valence-corrected chi connectivity index (χ2v) is 7.53. The van der Waals surface area contributed by atoms with Crippen molar-refractivity contribution in [3.05, 3.63) is 41.0 Å². The summed E-state index contributed by atoms with van der Waals surface area (Å²) in [5.74, 6) is 0.794. The minimum atomic E-state index is 0.0278. The Kier molecular flexibility index (Phi) is 4.31. The summed E-state index contributed by atoms with van der Waals surface area (Å²) in [5.41, 5.74) is 2.12. The van der Waals surface area contributed by atoms with Gasteiger partial charge in [0.1, 0.15) is 17.0 Å². The molecule has 5 nitrogen and oxygen atoms in total. The molecule has 0 aliphatic heterocycles. The summed E-state index contributed by atoms with van der Waals surface area (Å²) in [4.78, 5) is 23.8. The van der Waals surface area contributed by atoms with Gasteiger partial charge in [0.25, 0.3) is 0 Å². The normalized spacial score (nSPS) is 13.8. The van der Waals surface area contributed by atoms with Crippen molar-refractivity contribution in [2.24, 2.45) is 0 Å². The van der Waals surface area contributed by atoms with Crippen molar-refractivity contribution in [3.63, 3.8) is 0 Å². The summed E-state index contributed by atoms with van der Waals surface area (Å²) in [5, 5.41) is 6.76. The lowest BCUT2D eigenvalue weighted by Crippen LogP contribution is -2.36.